The molecule has 0 spiro atoms. The molecule has 0 bridgehead atoms. The van der Waals surface area contributed by atoms with Gasteiger partial charge in [-0.15, -0.1) is 22.7 Å². The van der Waals surface area contributed by atoms with E-state index in [2.05, 4.69) is 56.6 Å². The molecule has 16 heteroatoms. The molecule has 4 fully saturated rings. The number of carbonyl (C=O) groups excluding carboxylic acids is 2. The number of nitriles is 2. The smallest absolute Gasteiger partial charge is 0.231 e. The number of morpholine rings is 1. The van der Waals surface area contributed by atoms with Gasteiger partial charge in [-0.1, -0.05) is 0 Å². The van der Waals surface area contributed by atoms with Crippen molar-refractivity contribution in [3.63, 3.8) is 0 Å². The summed E-state index contributed by atoms with van der Waals surface area (Å²) in [6.45, 7) is 11.9. The molecular weight excluding hydrogens is 653 g/mol. The third-order valence-corrected chi connectivity index (χ3v) is 10.9. The highest BCUT2D eigenvalue weighted by atomic mass is 32.1. The minimum Gasteiger partial charge on any atom is -0.383 e. The van der Waals surface area contributed by atoms with E-state index in [0.29, 0.717) is 42.5 Å². The van der Waals surface area contributed by atoms with Gasteiger partial charge >= 0.3 is 0 Å². The number of nitrogens with zero attached hydrogens (tertiary/aromatic N) is 8. The molecule has 0 aliphatic carbocycles. The molecule has 4 saturated heterocycles. The van der Waals surface area contributed by atoms with Crippen LogP contribution >= 0.6 is 22.7 Å². The van der Waals surface area contributed by atoms with E-state index in [-0.39, 0.29) is 35.9 Å². The quantitative estimate of drug-likeness (QED) is 0.350. The lowest BCUT2D eigenvalue weighted by Crippen LogP contribution is -2.44. The van der Waals surface area contributed by atoms with Crippen molar-refractivity contribution in [1.82, 2.24) is 29.6 Å². The summed E-state index contributed by atoms with van der Waals surface area (Å²) in [5, 5.41) is 24.8. The lowest BCUT2D eigenvalue weighted by Gasteiger charge is -2.34. The Morgan fingerprint density at radius 2 is 1.42 bits per heavy atom. The maximum Gasteiger partial charge on any atom is 0.231 e. The second-order valence-corrected chi connectivity index (χ2v) is 15.2. The number of anilines is 2. The molecule has 6 heterocycles. The molecule has 0 aromatic carbocycles. The Kier molecular flexibility index (Phi) is 13.0. The third-order valence-electron chi connectivity index (χ3n) is 9.06. The highest BCUT2D eigenvalue weighted by Gasteiger charge is 2.30. The molecule has 2 N–H and O–H groups in total. The van der Waals surface area contributed by atoms with Crippen molar-refractivity contribution < 1.29 is 19.1 Å². The zero-order chi connectivity index (χ0) is 34.0. The minimum absolute atomic E-state index is 0.0351. The van der Waals surface area contributed by atoms with Gasteiger partial charge in [0.15, 0.2) is 22.6 Å². The maximum atomic E-state index is 12.3. The molecule has 4 aliphatic heterocycles. The molecule has 2 amide bonds. The standard InChI is InChI=1S/2C16H23N5O2S/c1-11-6-21(7-12(2)23-11)9-14-5-18-16(24-14)19-15(22)13-3-4-20(8-13)10-17;1-23-10-13-3-2-5-21(13)9-14-7-18-16(24-14)19-15(22)12-4-6-20(8-12)11-17/h5,11-13H,3-4,6-9H2,1-2H3,(H,18,19,22);7,12-13H,2-6,8-10H2,1H3,(H,18,19,22)/t11?,12?,13-;12-,13+/m00/s1. The van der Waals surface area contributed by atoms with E-state index in [0.717, 1.165) is 61.9 Å². The number of rotatable bonds is 10. The predicted molar refractivity (Wildman–Crippen MR) is 183 cm³/mol. The van der Waals surface area contributed by atoms with Crippen molar-refractivity contribution in [2.24, 2.45) is 11.8 Å². The van der Waals surface area contributed by atoms with Crippen LogP contribution in [0.3, 0.4) is 0 Å². The topological polar surface area (TPSA) is 163 Å². The Bertz CT molecular complexity index is 1450. The molecule has 2 aromatic heterocycles. The molecule has 6 rings (SSSR count). The van der Waals surface area contributed by atoms with Crippen LogP contribution in [0, 0.1) is 34.7 Å². The second kappa shape index (κ2) is 17.3. The minimum atomic E-state index is -0.127. The van der Waals surface area contributed by atoms with Crippen LogP contribution in [0.4, 0.5) is 10.3 Å². The molecule has 2 unspecified atom stereocenters. The molecule has 48 heavy (non-hydrogen) atoms. The first-order chi connectivity index (χ1) is 23.2. The number of ether oxygens (including phenoxy) is 2. The molecule has 14 nitrogen and oxygen atoms in total. The summed E-state index contributed by atoms with van der Waals surface area (Å²) in [5.74, 6) is -0.325. The van der Waals surface area contributed by atoms with Crippen LogP contribution in [-0.2, 0) is 32.2 Å². The monoisotopic (exact) mass is 698 g/mol. The Morgan fingerprint density at radius 1 is 0.875 bits per heavy atom. The van der Waals surface area contributed by atoms with Gasteiger partial charge in [-0.2, -0.15) is 10.5 Å². The Labute approximate surface area is 290 Å². The van der Waals surface area contributed by atoms with E-state index in [9.17, 15) is 9.59 Å². The summed E-state index contributed by atoms with van der Waals surface area (Å²) >= 11 is 3.05. The van der Waals surface area contributed by atoms with Crippen LogP contribution in [-0.4, -0.2) is 119 Å². The van der Waals surface area contributed by atoms with Crippen LogP contribution in [0.15, 0.2) is 12.4 Å². The zero-order valence-corrected chi connectivity index (χ0v) is 29.6. The second-order valence-electron chi connectivity index (χ2n) is 13.0. The van der Waals surface area contributed by atoms with Gasteiger partial charge in [0.1, 0.15) is 0 Å². The Balaban J connectivity index is 0.000000188. The summed E-state index contributed by atoms with van der Waals surface area (Å²) in [5.41, 5.74) is 0. The lowest BCUT2D eigenvalue weighted by atomic mass is 10.1. The van der Waals surface area contributed by atoms with Gasteiger partial charge < -0.3 is 29.9 Å². The van der Waals surface area contributed by atoms with E-state index >= 15 is 0 Å². The van der Waals surface area contributed by atoms with Crippen LogP contribution < -0.4 is 10.6 Å². The Morgan fingerprint density at radius 3 is 1.92 bits per heavy atom. The first-order valence-electron chi connectivity index (χ1n) is 16.6. The number of amides is 2. The fraction of sp³-hybridized carbons (Fsp3) is 0.688. The lowest BCUT2D eigenvalue weighted by molar-refractivity contribution is -0.120. The fourth-order valence-electron chi connectivity index (χ4n) is 6.74. The van der Waals surface area contributed by atoms with Crippen molar-refractivity contribution in [2.75, 3.05) is 70.2 Å². The van der Waals surface area contributed by atoms with Gasteiger partial charge in [0, 0.05) is 87.7 Å². The summed E-state index contributed by atoms with van der Waals surface area (Å²) in [6, 6.07) is 0.477. The molecule has 0 saturated carbocycles. The first kappa shape index (κ1) is 35.9. The van der Waals surface area contributed by atoms with Gasteiger partial charge in [0.05, 0.1) is 30.7 Å². The van der Waals surface area contributed by atoms with Crippen LogP contribution in [0.1, 0.15) is 49.3 Å². The highest BCUT2D eigenvalue weighted by molar-refractivity contribution is 7.16. The highest BCUT2D eigenvalue weighted by Crippen LogP contribution is 2.27. The Hall–Kier alpha value is -3.38. The normalized spacial score (nSPS) is 26.1. The summed E-state index contributed by atoms with van der Waals surface area (Å²) in [7, 11) is 1.74. The van der Waals surface area contributed by atoms with Gasteiger partial charge in [0.25, 0.3) is 0 Å². The number of hydrogen-bond acceptors (Lipinski definition) is 14. The number of likely N-dealkylation sites (tertiary alicyclic amines) is 3. The summed E-state index contributed by atoms with van der Waals surface area (Å²) in [4.78, 5) is 43.5. The SMILES string of the molecule is CC1CN(Cc2cnc(NC(=O)[C@H]3CCN(C#N)C3)s2)CC(C)O1.COC[C@H]1CCCN1Cc1cnc(NC(=O)[C@H]2CCN(C#N)C2)s1. The maximum absolute atomic E-state index is 12.3. The number of thiazole rings is 2. The first-order valence-corrected chi connectivity index (χ1v) is 18.3. The molecule has 260 valence electrons. The van der Waals surface area contributed by atoms with Crippen molar-refractivity contribution in [3.8, 4) is 12.4 Å². The van der Waals surface area contributed by atoms with Gasteiger partial charge in [0.2, 0.25) is 11.8 Å². The molecule has 0 radical (unpaired) electrons. The van der Waals surface area contributed by atoms with E-state index in [1.807, 2.05) is 12.4 Å². The van der Waals surface area contributed by atoms with Crippen molar-refractivity contribution in [1.29, 1.82) is 10.5 Å². The average molecular weight is 699 g/mol. The van der Waals surface area contributed by atoms with Gasteiger partial charge in [-0.25, -0.2) is 9.97 Å². The largest absolute Gasteiger partial charge is 0.383 e. The van der Waals surface area contributed by atoms with Gasteiger partial charge in [-0.3, -0.25) is 19.4 Å². The number of aromatic nitrogens is 2. The van der Waals surface area contributed by atoms with Crippen molar-refractivity contribution in [2.45, 2.75) is 70.9 Å². The number of methoxy groups -OCH3 is 1. The fourth-order valence-corrected chi connectivity index (χ4v) is 8.44. The third kappa shape index (κ3) is 10.1. The number of carbonyl (C=O) groups is 2. The van der Waals surface area contributed by atoms with Crippen LogP contribution in [0.25, 0.3) is 0 Å². The van der Waals surface area contributed by atoms with E-state index in [4.69, 9.17) is 20.0 Å². The molecular formula is C32H46N10O4S2. The van der Waals surface area contributed by atoms with Crippen molar-refractivity contribution in [3.05, 3.63) is 22.1 Å². The van der Waals surface area contributed by atoms with E-state index < -0.39 is 0 Å². The molecule has 5 atom stereocenters. The number of hydrogen-bond donors (Lipinski definition) is 2. The summed E-state index contributed by atoms with van der Waals surface area (Å²) in [6.07, 6.45) is 12.2. The van der Waals surface area contributed by atoms with Crippen LogP contribution in [0.5, 0.6) is 0 Å². The van der Waals surface area contributed by atoms with E-state index in [1.54, 1.807) is 16.9 Å². The zero-order valence-electron chi connectivity index (χ0n) is 28.0. The number of nitrogens with one attached hydrogen (secondary N) is 2. The van der Waals surface area contributed by atoms with Crippen molar-refractivity contribution >= 4 is 44.8 Å². The molecule has 4 aliphatic rings. The average Bonchev–Trinajstić information content (AvgIpc) is 3.90. The van der Waals surface area contributed by atoms with Gasteiger partial charge in [-0.05, 0) is 46.1 Å². The van der Waals surface area contributed by atoms with E-state index in [1.165, 1.54) is 35.5 Å². The summed E-state index contributed by atoms with van der Waals surface area (Å²) < 4.78 is 11.0. The predicted octanol–water partition coefficient (Wildman–Crippen LogP) is 2.99. The molecule has 2 aromatic rings. The van der Waals surface area contributed by atoms with Crippen LogP contribution in [0.2, 0.25) is 0 Å².